The second-order valence-corrected chi connectivity index (χ2v) is 7.74. The van der Waals surface area contributed by atoms with E-state index in [-0.39, 0.29) is 11.8 Å². The number of hydrogen-bond donors (Lipinski definition) is 2. The zero-order valence-corrected chi connectivity index (χ0v) is 15.7. The van der Waals surface area contributed by atoms with Crippen molar-refractivity contribution in [1.29, 1.82) is 0 Å². The summed E-state index contributed by atoms with van der Waals surface area (Å²) in [5, 5.41) is 8.00. The van der Waals surface area contributed by atoms with Gasteiger partial charge < -0.3 is 9.73 Å². The number of thioether (sulfide) groups is 1. The maximum absolute atomic E-state index is 12.5. The molecule has 3 heterocycles. The molecule has 0 radical (unpaired) electrons. The van der Waals surface area contributed by atoms with E-state index in [1.54, 1.807) is 12.1 Å². The van der Waals surface area contributed by atoms with Crippen LogP contribution in [0.2, 0.25) is 0 Å². The molecule has 4 rings (SSSR count). The summed E-state index contributed by atoms with van der Waals surface area (Å²) in [6.07, 6.45) is 0. The molecule has 0 unspecified atom stereocenters. The van der Waals surface area contributed by atoms with Crippen LogP contribution >= 0.6 is 23.1 Å². The van der Waals surface area contributed by atoms with Crippen LogP contribution in [0.25, 0.3) is 11.3 Å². The molecule has 0 spiro atoms. The first-order chi connectivity index (χ1) is 12.5. The molecule has 0 aliphatic carbocycles. The van der Waals surface area contributed by atoms with Crippen LogP contribution in [0.5, 0.6) is 0 Å². The molecule has 3 aromatic rings. The average Bonchev–Trinajstić information content (AvgIpc) is 3.19. The first kappa shape index (κ1) is 16.9. The lowest BCUT2D eigenvalue weighted by molar-refractivity contribution is -0.113. The van der Waals surface area contributed by atoms with Gasteiger partial charge >= 0.3 is 0 Å². The molecular formula is C18H15N3O3S2. The lowest BCUT2D eigenvalue weighted by Gasteiger charge is -2.16. The zero-order valence-electron chi connectivity index (χ0n) is 14.1. The van der Waals surface area contributed by atoms with E-state index >= 15 is 0 Å². The van der Waals surface area contributed by atoms with Crippen molar-refractivity contribution in [2.24, 2.45) is 0 Å². The molecule has 1 aliphatic rings. The highest BCUT2D eigenvalue weighted by molar-refractivity contribution is 8.00. The summed E-state index contributed by atoms with van der Waals surface area (Å²) in [7, 11) is 0. The number of nitrogens with zero attached hydrogens (tertiary/aromatic N) is 1. The lowest BCUT2D eigenvalue weighted by atomic mass is 10.2. The number of aromatic nitrogens is 1. The molecule has 0 saturated carbocycles. The predicted molar refractivity (Wildman–Crippen MR) is 103 cm³/mol. The Kier molecular flexibility index (Phi) is 4.29. The molecule has 132 valence electrons. The number of amides is 2. The molecule has 2 aromatic heterocycles. The molecule has 2 amide bonds. The number of rotatable bonds is 3. The minimum absolute atomic E-state index is 0.0598. The molecule has 6 nitrogen and oxygen atoms in total. The van der Waals surface area contributed by atoms with Crippen LogP contribution in [-0.4, -0.2) is 22.6 Å². The number of aryl methyl sites for hydroxylation is 2. The van der Waals surface area contributed by atoms with Crippen molar-refractivity contribution in [3.63, 3.8) is 0 Å². The Bertz CT molecular complexity index is 1020. The van der Waals surface area contributed by atoms with Crippen LogP contribution in [0.15, 0.2) is 39.0 Å². The van der Waals surface area contributed by atoms with E-state index in [0.717, 1.165) is 27.7 Å². The number of nitrogens with one attached hydrogen (secondary N) is 2. The SMILES string of the molecule is Cc1cc(-c2csc(NC(=O)c3ccc4c(c3)NC(=O)CS4)n2)c(C)o1. The maximum Gasteiger partial charge on any atom is 0.257 e. The highest BCUT2D eigenvalue weighted by atomic mass is 32.2. The molecule has 1 aromatic carbocycles. The topological polar surface area (TPSA) is 84.2 Å². The number of hydrogen-bond acceptors (Lipinski definition) is 6. The van der Waals surface area contributed by atoms with E-state index in [9.17, 15) is 9.59 Å². The van der Waals surface area contributed by atoms with E-state index < -0.39 is 0 Å². The average molecular weight is 385 g/mol. The van der Waals surface area contributed by atoms with Crippen LogP contribution in [0.4, 0.5) is 10.8 Å². The van der Waals surface area contributed by atoms with Crippen molar-refractivity contribution in [3.05, 3.63) is 46.7 Å². The van der Waals surface area contributed by atoms with Gasteiger partial charge in [0.15, 0.2) is 5.13 Å². The number of furan rings is 1. The number of thiazole rings is 1. The van der Waals surface area contributed by atoms with Crippen LogP contribution in [0, 0.1) is 13.8 Å². The van der Waals surface area contributed by atoms with Crippen LogP contribution in [0.1, 0.15) is 21.9 Å². The molecule has 26 heavy (non-hydrogen) atoms. The van der Waals surface area contributed by atoms with Gasteiger partial charge in [-0.15, -0.1) is 23.1 Å². The zero-order chi connectivity index (χ0) is 18.3. The Morgan fingerprint density at radius 3 is 2.92 bits per heavy atom. The third-order valence-electron chi connectivity index (χ3n) is 3.92. The third-order valence-corrected chi connectivity index (χ3v) is 5.75. The van der Waals surface area contributed by atoms with Gasteiger partial charge in [0.1, 0.15) is 11.5 Å². The van der Waals surface area contributed by atoms with Gasteiger partial charge in [0.05, 0.1) is 17.1 Å². The van der Waals surface area contributed by atoms with Crippen LogP contribution in [0.3, 0.4) is 0 Å². The second kappa shape index (κ2) is 6.62. The number of carbonyl (C=O) groups excluding carboxylic acids is 2. The molecule has 0 bridgehead atoms. The molecule has 0 atom stereocenters. The van der Waals surface area contributed by atoms with Gasteiger partial charge in [0.25, 0.3) is 5.91 Å². The highest BCUT2D eigenvalue weighted by Crippen LogP contribution is 2.33. The van der Waals surface area contributed by atoms with Gasteiger partial charge in [-0.3, -0.25) is 14.9 Å². The number of fused-ring (bicyclic) bond motifs is 1. The van der Waals surface area contributed by atoms with Gasteiger partial charge in [0.2, 0.25) is 5.91 Å². The Balaban J connectivity index is 1.53. The van der Waals surface area contributed by atoms with Crippen molar-refractivity contribution >= 4 is 45.7 Å². The van der Waals surface area contributed by atoms with E-state index in [1.807, 2.05) is 31.4 Å². The van der Waals surface area contributed by atoms with Crippen molar-refractivity contribution in [2.75, 3.05) is 16.4 Å². The summed E-state index contributed by atoms with van der Waals surface area (Å²) < 4.78 is 5.53. The minimum Gasteiger partial charge on any atom is -0.466 e. The first-order valence-corrected chi connectivity index (χ1v) is 9.77. The van der Waals surface area contributed by atoms with Gasteiger partial charge in [-0.2, -0.15) is 0 Å². The summed E-state index contributed by atoms with van der Waals surface area (Å²) >= 11 is 2.82. The fourth-order valence-corrected chi connectivity index (χ4v) is 4.23. The van der Waals surface area contributed by atoms with Crippen molar-refractivity contribution in [2.45, 2.75) is 18.7 Å². The number of benzene rings is 1. The summed E-state index contributed by atoms with van der Waals surface area (Å²) in [5.74, 6) is 1.69. The Morgan fingerprint density at radius 2 is 2.15 bits per heavy atom. The van der Waals surface area contributed by atoms with E-state index in [2.05, 4.69) is 15.6 Å². The predicted octanol–water partition coefficient (Wildman–Crippen LogP) is 4.32. The highest BCUT2D eigenvalue weighted by Gasteiger charge is 2.18. The first-order valence-electron chi connectivity index (χ1n) is 7.90. The second-order valence-electron chi connectivity index (χ2n) is 5.87. The monoisotopic (exact) mass is 385 g/mol. The van der Waals surface area contributed by atoms with Gasteiger partial charge in [-0.25, -0.2) is 4.98 Å². The summed E-state index contributed by atoms with van der Waals surface area (Å²) in [6, 6.07) is 7.21. The maximum atomic E-state index is 12.5. The fraction of sp³-hybridized carbons (Fsp3) is 0.167. The fourth-order valence-electron chi connectivity index (χ4n) is 2.73. The Hall–Kier alpha value is -2.58. The standard InChI is InChI=1S/C18H15N3O3S2/c1-9-5-12(10(2)24-9)14-7-26-18(20-14)21-17(23)11-3-4-15-13(6-11)19-16(22)8-25-15/h3-7H,8H2,1-2H3,(H,19,22)(H,20,21,23). The van der Waals surface area contributed by atoms with Gasteiger partial charge in [0, 0.05) is 21.4 Å². The molecule has 0 saturated heterocycles. The molecule has 8 heteroatoms. The van der Waals surface area contributed by atoms with E-state index in [4.69, 9.17) is 4.42 Å². The lowest BCUT2D eigenvalue weighted by Crippen LogP contribution is -2.19. The minimum atomic E-state index is -0.265. The van der Waals surface area contributed by atoms with Crippen molar-refractivity contribution in [3.8, 4) is 11.3 Å². The van der Waals surface area contributed by atoms with E-state index in [1.165, 1.54) is 23.1 Å². The molecule has 2 N–H and O–H groups in total. The van der Waals surface area contributed by atoms with Crippen LogP contribution in [-0.2, 0) is 4.79 Å². The number of anilines is 2. The Labute approximate surface area is 158 Å². The summed E-state index contributed by atoms with van der Waals surface area (Å²) in [5.41, 5.74) is 2.84. The summed E-state index contributed by atoms with van der Waals surface area (Å²) in [6.45, 7) is 3.78. The van der Waals surface area contributed by atoms with Crippen molar-refractivity contribution in [1.82, 2.24) is 4.98 Å². The number of carbonyl (C=O) groups is 2. The smallest absolute Gasteiger partial charge is 0.257 e. The Morgan fingerprint density at radius 1 is 1.31 bits per heavy atom. The van der Waals surface area contributed by atoms with Gasteiger partial charge in [-0.1, -0.05) is 0 Å². The quantitative estimate of drug-likeness (QED) is 0.702. The van der Waals surface area contributed by atoms with Crippen molar-refractivity contribution < 1.29 is 14.0 Å². The molecule has 0 fully saturated rings. The molecular weight excluding hydrogens is 370 g/mol. The third kappa shape index (κ3) is 3.25. The van der Waals surface area contributed by atoms with Crippen LogP contribution < -0.4 is 10.6 Å². The van der Waals surface area contributed by atoms with Gasteiger partial charge in [-0.05, 0) is 38.1 Å². The molecule has 1 aliphatic heterocycles. The normalized spacial score (nSPS) is 13.2. The largest absolute Gasteiger partial charge is 0.466 e. The van der Waals surface area contributed by atoms with E-state index in [0.29, 0.717) is 22.1 Å². The summed E-state index contributed by atoms with van der Waals surface area (Å²) in [4.78, 5) is 29.5.